The van der Waals surface area contributed by atoms with Crippen molar-refractivity contribution in [1.29, 1.82) is 0 Å². The molecule has 0 aliphatic rings. The van der Waals surface area contributed by atoms with Gasteiger partial charge in [0.15, 0.2) is 4.70 Å². The summed E-state index contributed by atoms with van der Waals surface area (Å²) >= 11 is 3.13. The van der Waals surface area contributed by atoms with E-state index in [-0.39, 0.29) is 5.56 Å². The Balaban J connectivity index is 2.45. The minimum atomic E-state index is 0.0162. The molecule has 0 saturated carbocycles. The number of aryl methyl sites for hydroxylation is 1. The molecule has 0 aliphatic heterocycles. The van der Waals surface area contributed by atoms with E-state index in [9.17, 15) is 4.79 Å². The summed E-state index contributed by atoms with van der Waals surface area (Å²) in [5.41, 5.74) is 1.79. The zero-order valence-corrected chi connectivity index (χ0v) is 13.1. The van der Waals surface area contributed by atoms with E-state index in [1.54, 1.807) is 23.4 Å². The van der Waals surface area contributed by atoms with Gasteiger partial charge in [-0.15, -0.1) is 0 Å². The van der Waals surface area contributed by atoms with Gasteiger partial charge in [-0.2, -0.15) is 4.57 Å². The van der Waals surface area contributed by atoms with Gasteiger partial charge in [-0.25, -0.2) is 0 Å². The first-order chi connectivity index (χ1) is 9.63. The number of hydrogen-bond donors (Lipinski definition) is 0. The standard InChI is InChI=1S/C14H14N3OS2/c1-9-15-12-11(13(18)16(9)2)20-14(19-3)17(12)10-7-5-4-6-8-10/h4-8H,1-3H3/q+1. The Morgan fingerprint density at radius 2 is 2.00 bits per heavy atom. The highest BCUT2D eigenvalue weighted by Crippen LogP contribution is 2.25. The van der Waals surface area contributed by atoms with Crippen molar-refractivity contribution in [1.82, 2.24) is 9.55 Å². The molecule has 102 valence electrons. The Labute approximate surface area is 124 Å². The fraction of sp³-hybridized carbons (Fsp3) is 0.214. The second-order valence-electron chi connectivity index (χ2n) is 4.42. The molecule has 0 atom stereocenters. The second-order valence-corrected chi connectivity index (χ2v) is 6.47. The number of thioether (sulfide) groups is 1. The first kappa shape index (κ1) is 13.3. The molecule has 2 aromatic heterocycles. The number of rotatable bonds is 2. The van der Waals surface area contributed by atoms with Crippen LogP contribution >= 0.6 is 23.1 Å². The highest BCUT2D eigenvalue weighted by Gasteiger charge is 2.25. The maximum Gasteiger partial charge on any atom is 0.355 e. The van der Waals surface area contributed by atoms with Crippen LogP contribution in [-0.2, 0) is 7.05 Å². The van der Waals surface area contributed by atoms with Crippen LogP contribution in [0, 0.1) is 6.92 Å². The lowest BCUT2D eigenvalue weighted by Crippen LogP contribution is -2.33. The van der Waals surface area contributed by atoms with Gasteiger partial charge in [-0.1, -0.05) is 41.3 Å². The van der Waals surface area contributed by atoms with Gasteiger partial charge in [0.1, 0.15) is 5.69 Å². The van der Waals surface area contributed by atoms with Gasteiger partial charge in [-0.3, -0.25) is 9.36 Å². The fourth-order valence-corrected chi connectivity index (χ4v) is 3.94. The molecule has 1 aromatic carbocycles. The number of hydrogen-bond acceptors (Lipinski definition) is 4. The molecule has 2 heterocycles. The predicted molar refractivity (Wildman–Crippen MR) is 82.9 cm³/mol. The molecule has 6 heteroatoms. The van der Waals surface area contributed by atoms with Crippen LogP contribution in [0.15, 0.2) is 39.5 Å². The summed E-state index contributed by atoms with van der Waals surface area (Å²) < 4.78 is 5.41. The molecule has 0 radical (unpaired) electrons. The van der Waals surface area contributed by atoms with Crippen LogP contribution in [0.25, 0.3) is 16.0 Å². The van der Waals surface area contributed by atoms with E-state index in [1.165, 1.54) is 11.3 Å². The van der Waals surface area contributed by atoms with Gasteiger partial charge in [0, 0.05) is 14.0 Å². The summed E-state index contributed by atoms with van der Waals surface area (Å²) in [6, 6.07) is 10.0. The first-order valence-electron chi connectivity index (χ1n) is 6.15. The lowest BCUT2D eigenvalue weighted by Gasteiger charge is -2.00. The third kappa shape index (κ3) is 1.96. The van der Waals surface area contributed by atoms with Crippen LogP contribution in [0.4, 0.5) is 0 Å². The molecule has 0 spiro atoms. The third-order valence-corrected chi connectivity index (χ3v) is 5.43. The van der Waals surface area contributed by atoms with E-state index in [1.807, 2.05) is 43.5 Å². The van der Waals surface area contributed by atoms with Crippen LogP contribution in [-0.4, -0.2) is 15.8 Å². The summed E-state index contributed by atoms with van der Waals surface area (Å²) in [5.74, 6) is 0.720. The van der Waals surface area contributed by atoms with Crippen molar-refractivity contribution < 1.29 is 4.57 Å². The molecule has 4 nitrogen and oxygen atoms in total. The van der Waals surface area contributed by atoms with Crippen molar-refractivity contribution in [3.8, 4) is 5.69 Å². The van der Waals surface area contributed by atoms with Crippen LogP contribution in [0.3, 0.4) is 0 Å². The van der Waals surface area contributed by atoms with Gasteiger partial charge in [-0.05, 0) is 23.4 Å². The lowest BCUT2D eigenvalue weighted by molar-refractivity contribution is -0.603. The quantitative estimate of drug-likeness (QED) is 0.539. The van der Waals surface area contributed by atoms with Crippen molar-refractivity contribution in [2.75, 3.05) is 6.26 Å². The van der Waals surface area contributed by atoms with Crippen LogP contribution < -0.4 is 10.1 Å². The highest BCUT2D eigenvalue weighted by molar-refractivity contribution is 8.00. The number of benzene rings is 1. The largest absolute Gasteiger partial charge is 0.355 e. The molecule has 3 aromatic rings. The van der Waals surface area contributed by atoms with E-state index < -0.39 is 0 Å². The maximum atomic E-state index is 12.4. The normalized spacial score (nSPS) is 11.2. The van der Waals surface area contributed by atoms with Gasteiger partial charge in [0.25, 0.3) is 5.56 Å². The number of aromatic nitrogens is 3. The molecular formula is C14H14N3OS2+. The zero-order chi connectivity index (χ0) is 14.3. The Morgan fingerprint density at radius 1 is 1.30 bits per heavy atom. The Hall–Kier alpha value is -1.66. The molecule has 0 unspecified atom stereocenters. The third-order valence-electron chi connectivity index (χ3n) is 3.23. The van der Waals surface area contributed by atoms with Crippen molar-refractivity contribution in [2.24, 2.45) is 7.05 Å². The summed E-state index contributed by atoms with van der Waals surface area (Å²) in [5, 5.41) is 0. The maximum absolute atomic E-state index is 12.4. The molecule has 0 N–H and O–H groups in total. The van der Waals surface area contributed by atoms with Crippen molar-refractivity contribution in [2.45, 2.75) is 11.3 Å². The number of fused-ring (bicyclic) bond motifs is 1. The van der Waals surface area contributed by atoms with Crippen LogP contribution in [0.2, 0.25) is 0 Å². The average molecular weight is 304 g/mol. The molecular weight excluding hydrogens is 290 g/mol. The molecule has 3 rings (SSSR count). The van der Waals surface area contributed by atoms with E-state index in [4.69, 9.17) is 0 Å². The van der Waals surface area contributed by atoms with Crippen molar-refractivity contribution in [3.05, 3.63) is 46.5 Å². The lowest BCUT2D eigenvalue weighted by atomic mass is 10.3. The van der Waals surface area contributed by atoms with E-state index in [2.05, 4.69) is 9.55 Å². The minimum Gasteiger partial charge on any atom is -0.278 e. The van der Waals surface area contributed by atoms with Gasteiger partial charge < -0.3 is 0 Å². The monoisotopic (exact) mass is 304 g/mol. The molecule has 0 aliphatic carbocycles. The molecule has 20 heavy (non-hydrogen) atoms. The van der Waals surface area contributed by atoms with Gasteiger partial charge in [0.2, 0.25) is 10.2 Å². The average Bonchev–Trinajstić information content (AvgIpc) is 2.84. The Morgan fingerprint density at radius 3 is 2.65 bits per heavy atom. The van der Waals surface area contributed by atoms with Gasteiger partial charge >= 0.3 is 5.65 Å². The number of thiazole rings is 1. The van der Waals surface area contributed by atoms with E-state index in [0.29, 0.717) is 4.70 Å². The predicted octanol–water partition coefficient (Wildman–Crippen LogP) is 2.30. The van der Waals surface area contributed by atoms with E-state index in [0.717, 1.165) is 21.5 Å². The number of para-hydroxylation sites is 1. The topological polar surface area (TPSA) is 38.8 Å². The zero-order valence-electron chi connectivity index (χ0n) is 11.5. The van der Waals surface area contributed by atoms with E-state index >= 15 is 0 Å². The van der Waals surface area contributed by atoms with Gasteiger partial charge in [0.05, 0.1) is 0 Å². The van der Waals surface area contributed by atoms with Crippen molar-refractivity contribution >= 4 is 33.4 Å². The number of nitrogens with zero attached hydrogens (tertiary/aromatic N) is 3. The molecule has 0 fully saturated rings. The second kappa shape index (κ2) is 5.03. The Bertz CT molecular complexity index is 837. The summed E-state index contributed by atoms with van der Waals surface area (Å²) in [4.78, 5) is 17.0. The fourth-order valence-electron chi connectivity index (χ4n) is 2.07. The minimum absolute atomic E-state index is 0.0162. The van der Waals surface area contributed by atoms with Crippen LogP contribution in [0.5, 0.6) is 0 Å². The van der Waals surface area contributed by atoms with Crippen molar-refractivity contribution in [3.63, 3.8) is 0 Å². The summed E-state index contributed by atoms with van der Waals surface area (Å²) in [6.45, 7) is 1.85. The molecule has 0 amide bonds. The highest BCUT2D eigenvalue weighted by atomic mass is 32.2. The van der Waals surface area contributed by atoms with Crippen LogP contribution in [0.1, 0.15) is 5.82 Å². The first-order valence-corrected chi connectivity index (χ1v) is 8.19. The Kier molecular flexibility index (Phi) is 3.35. The summed E-state index contributed by atoms with van der Waals surface area (Å²) in [6.07, 6.45) is 2.02. The molecule has 0 bridgehead atoms. The SMILES string of the molecule is CSc1sc2c(=O)n(C)c(C)nc2[n+]1-c1ccccc1. The molecule has 0 saturated heterocycles. The summed E-state index contributed by atoms with van der Waals surface area (Å²) in [7, 11) is 1.76. The smallest absolute Gasteiger partial charge is 0.278 e.